The molecule has 1 aromatic heterocycles. The molecule has 3 amide bonds. The third kappa shape index (κ3) is 7.83. The number of carbonyl (C=O) groups excluding carboxylic acids is 2. The summed E-state index contributed by atoms with van der Waals surface area (Å²) < 4.78 is 51.9. The van der Waals surface area contributed by atoms with E-state index in [1.54, 1.807) is 45.1 Å². The molecule has 1 unspecified atom stereocenters. The molecule has 11 nitrogen and oxygen atoms in total. The summed E-state index contributed by atoms with van der Waals surface area (Å²) >= 11 is 0. The predicted octanol–water partition coefficient (Wildman–Crippen LogP) is 5.89. The zero-order valence-electron chi connectivity index (χ0n) is 29.0. The fourth-order valence-corrected chi connectivity index (χ4v) is 6.65. The summed E-state index contributed by atoms with van der Waals surface area (Å²) in [5, 5.41) is 16.4. The van der Waals surface area contributed by atoms with Crippen LogP contribution in [0, 0.1) is 11.3 Å². The minimum absolute atomic E-state index is 0.0648. The average molecular weight is 696 g/mol. The molecule has 0 aliphatic carbocycles. The van der Waals surface area contributed by atoms with E-state index >= 15 is 0 Å². The van der Waals surface area contributed by atoms with E-state index in [-0.39, 0.29) is 17.6 Å². The van der Waals surface area contributed by atoms with Gasteiger partial charge in [-0.1, -0.05) is 12.1 Å². The molecule has 2 saturated heterocycles. The third-order valence-electron chi connectivity index (χ3n) is 9.38. The fraction of sp³-hybridized carbons (Fsp3) is 0.500. The maximum Gasteiger partial charge on any atom is 0.416 e. The quantitative estimate of drug-likeness (QED) is 0.368. The smallest absolute Gasteiger partial charge is 0.416 e. The molecule has 0 spiro atoms. The van der Waals surface area contributed by atoms with E-state index in [0.717, 1.165) is 23.3 Å². The van der Waals surface area contributed by atoms with Crippen molar-refractivity contribution in [2.75, 3.05) is 44.7 Å². The second-order valence-electron chi connectivity index (χ2n) is 13.8. The number of likely N-dealkylation sites (tertiary alicyclic amines) is 1. The zero-order chi connectivity index (χ0) is 36.3. The Morgan fingerprint density at radius 3 is 2.50 bits per heavy atom. The van der Waals surface area contributed by atoms with Gasteiger partial charge in [0, 0.05) is 64.0 Å². The molecule has 3 aliphatic heterocycles. The first-order chi connectivity index (χ1) is 23.6. The lowest BCUT2D eigenvalue weighted by Gasteiger charge is -2.46. The first-order valence-electron chi connectivity index (χ1n) is 16.7. The lowest BCUT2D eigenvalue weighted by atomic mass is 9.79. The van der Waals surface area contributed by atoms with Crippen molar-refractivity contribution < 1.29 is 32.2 Å². The van der Waals surface area contributed by atoms with Gasteiger partial charge in [-0.25, -0.2) is 9.59 Å². The molecule has 1 aromatic carbocycles. The molecule has 4 heterocycles. The van der Waals surface area contributed by atoms with Crippen molar-refractivity contribution in [2.45, 2.75) is 76.0 Å². The number of ether oxygens (including phenoxy) is 2. The van der Waals surface area contributed by atoms with Crippen LogP contribution in [0.15, 0.2) is 66.7 Å². The highest BCUT2D eigenvalue weighted by Gasteiger charge is 2.44. The molecular formula is C36H44F3N7O4. The van der Waals surface area contributed by atoms with Crippen LogP contribution in [0.2, 0.25) is 0 Å². The first kappa shape index (κ1) is 36.5. The molecule has 2 aromatic rings. The number of nitriles is 1. The summed E-state index contributed by atoms with van der Waals surface area (Å²) in [6, 6.07) is 8.33. The number of piperidine rings is 1. The Morgan fingerprint density at radius 2 is 1.92 bits per heavy atom. The van der Waals surface area contributed by atoms with E-state index in [4.69, 9.17) is 9.47 Å². The van der Waals surface area contributed by atoms with Crippen molar-refractivity contribution in [3.63, 3.8) is 0 Å². The summed E-state index contributed by atoms with van der Waals surface area (Å²) in [6.07, 6.45) is 5.41. The molecule has 2 atom stereocenters. The number of urea groups is 1. The maximum atomic E-state index is 14.0. The number of hydrogen-bond donors (Lipinski definition) is 2. The summed E-state index contributed by atoms with van der Waals surface area (Å²) in [4.78, 5) is 36.1. The van der Waals surface area contributed by atoms with Crippen LogP contribution in [0.25, 0.3) is 0 Å². The second-order valence-corrected chi connectivity index (χ2v) is 13.8. The molecular weight excluding hydrogens is 651 g/mol. The van der Waals surface area contributed by atoms with Gasteiger partial charge in [0.25, 0.3) is 0 Å². The Kier molecular flexibility index (Phi) is 10.4. The van der Waals surface area contributed by atoms with Gasteiger partial charge in [0.05, 0.1) is 28.4 Å². The summed E-state index contributed by atoms with van der Waals surface area (Å²) in [7, 11) is 1.67. The number of dihydropyridines is 1. The number of aromatic nitrogens is 1. The number of halogens is 3. The van der Waals surface area contributed by atoms with Gasteiger partial charge in [-0.3, -0.25) is 4.98 Å². The summed E-state index contributed by atoms with van der Waals surface area (Å²) in [5.41, 5.74) is -1.46. The van der Waals surface area contributed by atoms with Crippen molar-refractivity contribution >= 4 is 17.8 Å². The van der Waals surface area contributed by atoms with Gasteiger partial charge in [0.1, 0.15) is 11.7 Å². The Hall–Kier alpha value is -4.77. The topological polar surface area (TPSA) is 123 Å². The standard InChI is InChI=1S/C36H44F3N7O4/c1-6-49-35(28-8-7-16-41-22-28)13-11-27(23-42-35)34(43-31(47)46-17-12-29(24-46)44(5)32(48)50-33(2,3)4)14-18-45(19-15-34)30-10-9-26(36(37,38)39)20-25(30)21-40/h7-11,13,16,20,22-23,29,42H,6,12,14-15,17-19,24H2,1-5H3,(H,43,47)/t29-,35?/m1/s1. The number of likely N-dealkylation sites (N-methyl/N-ethyl adjacent to an activating group) is 1. The Balaban J connectivity index is 1.39. The van der Waals surface area contributed by atoms with E-state index in [1.807, 2.05) is 48.4 Å². The number of amides is 3. The van der Waals surface area contributed by atoms with Crippen LogP contribution in [0.1, 0.15) is 63.6 Å². The van der Waals surface area contributed by atoms with Gasteiger partial charge in [-0.2, -0.15) is 18.4 Å². The van der Waals surface area contributed by atoms with Gasteiger partial charge in [0.2, 0.25) is 0 Å². The molecule has 3 aliphatic rings. The summed E-state index contributed by atoms with van der Waals surface area (Å²) in [6.45, 7) is 9.18. The average Bonchev–Trinajstić information content (AvgIpc) is 3.58. The molecule has 2 N–H and O–H groups in total. The lowest BCUT2D eigenvalue weighted by Crippen LogP contribution is -2.60. The molecule has 0 saturated carbocycles. The van der Waals surface area contributed by atoms with Gasteiger partial charge < -0.3 is 34.8 Å². The van der Waals surface area contributed by atoms with Crippen LogP contribution >= 0.6 is 0 Å². The normalized spacial score (nSPS) is 21.9. The van der Waals surface area contributed by atoms with Crippen LogP contribution < -0.4 is 15.5 Å². The van der Waals surface area contributed by atoms with E-state index in [2.05, 4.69) is 15.6 Å². The van der Waals surface area contributed by atoms with Crippen molar-refractivity contribution in [2.24, 2.45) is 0 Å². The van der Waals surface area contributed by atoms with Crippen molar-refractivity contribution in [3.05, 3.63) is 83.3 Å². The largest absolute Gasteiger partial charge is 0.444 e. The molecule has 0 bridgehead atoms. The number of hydrogen-bond acceptors (Lipinski definition) is 8. The molecule has 50 heavy (non-hydrogen) atoms. The lowest BCUT2D eigenvalue weighted by molar-refractivity contribution is -0.137. The van der Waals surface area contributed by atoms with Crippen LogP contribution in [-0.4, -0.2) is 83.9 Å². The van der Waals surface area contributed by atoms with Crippen LogP contribution in [-0.2, 0) is 21.4 Å². The number of nitrogens with one attached hydrogen (secondary N) is 2. The third-order valence-corrected chi connectivity index (χ3v) is 9.38. The Morgan fingerprint density at radius 1 is 1.18 bits per heavy atom. The molecule has 0 radical (unpaired) electrons. The number of alkyl halides is 3. The van der Waals surface area contributed by atoms with Gasteiger partial charge in [-0.05, 0) is 82.9 Å². The number of nitrogens with zero attached hydrogens (tertiary/aromatic N) is 5. The van der Waals surface area contributed by atoms with Crippen LogP contribution in [0.5, 0.6) is 0 Å². The second kappa shape index (κ2) is 14.2. The number of rotatable bonds is 7. The number of benzene rings is 1. The number of carbonyl (C=O) groups is 2. The number of pyridine rings is 1. The first-order valence-corrected chi connectivity index (χ1v) is 16.7. The number of anilines is 1. The van der Waals surface area contributed by atoms with Gasteiger partial charge in [0.15, 0.2) is 5.72 Å². The molecule has 2 fully saturated rings. The molecule has 268 valence electrons. The Labute approximate surface area is 290 Å². The van der Waals surface area contributed by atoms with Crippen molar-refractivity contribution in [1.82, 2.24) is 25.4 Å². The highest BCUT2D eigenvalue weighted by molar-refractivity contribution is 5.77. The highest BCUT2D eigenvalue weighted by Crippen LogP contribution is 2.39. The van der Waals surface area contributed by atoms with E-state index in [1.165, 1.54) is 11.0 Å². The van der Waals surface area contributed by atoms with Crippen LogP contribution in [0.3, 0.4) is 0 Å². The van der Waals surface area contributed by atoms with Crippen molar-refractivity contribution in [3.8, 4) is 6.07 Å². The van der Waals surface area contributed by atoms with E-state index in [9.17, 15) is 28.0 Å². The van der Waals surface area contributed by atoms with Crippen molar-refractivity contribution in [1.29, 1.82) is 5.26 Å². The minimum atomic E-state index is -4.57. The Bertz CT molecular complexity index is 1660. The zero-order valence-corrected chi connectivity index (χ0v) is 29.0. The summed E-state index contributed by atoms with van der Waals surface area (Å²) in [5.74, 6) is 0. The fourth-order valence-electron chi connectivity index (χ4n) is 6.65. The highest BCUT2D eigenvalue weighted by atomic mass is 19.4. The monoisotopic (exact) mass is 695 g/mol. The molecule has 5 rings (SSSR count). The van der Waals surface area contributed by atoms with Gasteiger partial charge in [-0.15, -0.1) is 0 Å². The maximum absolute atomic E-state index is 14.0. The van der Waals surface area contributed by atoms with E-state index < -0.39 is 34.7 Å². The molecule has 14 heteroatoms. The van der Waals surface area contributed by atoms with Gasteiger partial charge >= 0.3 is 18.3 Å². The SMILES string of the molecule is CCOC1(c2cccnc2)C=CC(C2(NC(=O)N3CC[C@@H](N(C)C(=O)OC(C)(C)C)C3)CCN(c3ccc(C(F)(F)F)cc3C#N)CC2)=CN1. The van der Waals surface area contributed by atoms with E-state index in [0.29, 0.717) is 57.7 Å². The van der Waals surface area contributed by atoms with Crippen LogP contribution in [0.4, 0.5) is 28.4 Å². The minimum Gasteiger partial charge on any atom is -0.444 e. The predicted molar refractivity (Wildman–Crippen MR) is 181 cm³/mol.